The van der Waals surface area contributed by atoms with Gasteiger partial charge in [0.25, 0.3) is 5.91 Å². The Kier molecular flexibility index (Phi) is 4.79. The van der Waals surface area contributed by atoms with E-state index in [1.54, 1.807) is 24.3 Å². The topological polar surface area (TPSA) is 55.1 Å². The van der Waals surface area contributed by atoms with Crippen molar-refractivity contribution in [3.8, 4) is 0 Å². The molecule has 0 spiro atoms. The number of benzene rings is 2. The van der Waals surface area contributed by atoms with Gasteiger partial charge in [0.2, 0.25) is 0 Å². The number of carbonyl (C=O) groups is 1. The number of rotatable bonds is 4. The maximum atomic E-state index is 12.2. The average Bonchev–Trinajstić information content (AvgIpc) is 2.45. The molecule has 3 nitrogen and oxygen atoms in total. The van der Waals surface area contributed by atoms with E-state index in [2.05, 4.69) is 21.2 Å². The summed E-state index contributed by atoms with van der Waals surface area (Å²) in [5, 5.41) is 3.04. The minimum Gasteiger partial charge on any atom is -0.399 e. The van der Waals surface area contributed by atoms with Crippen LogP contribution in [0.15, 0.2) is 53.0 Å². The lowest BCUT2D eigenvalue weighted by Gasteiger charge is -2.17. The molecule has 104 valence electrons. The van der Waals surface area contributed by atoms with Gasteiger partial charge < -0.3 is 11.1 Å². The average molecular weight is 333 g/mol. The molecule has 0 aromatic heterocycles. The van der Waals surface area contributed by atoms with E-state index in [1.807, 2.05) is 31.2 Å². The molecule has 4 heteroatoms. The van der Waals surface area contributed by atoms with E-state index < -0.39 is 0 Å². The van der Waals surface area contributed by atoms with E-state index in [9.17, 15) is 4.79 Å². The van der Waals surface area contributed by atoms with Crippen molar-refractivity contribution in [2.24, 2.45) is 0 Å². The molecule has 0 heterocycles. The molecule has 1 unspecified atom stereocenters. The normalized spacial score (nSPS) is 11.9. The van der Waals surface area contributed by atoms with E-state index in [0.717, 1.165) is 16.5 Å². The Balaban J connectivity index is 2.14. The smallest absolute Gasteiger partial charge is 0.251 e. The predicted octanol–water partition coefficient (Wildman–Crippen LogP) is 3.91. The minimum atomic E-state index is -0.105. The molecular formula is C16H17BrN2O. The Morgan fingerprint density at radius 2 is 1.95 bits per heavy atom. The summed E-state index contributed by atoms with van der Waals surface area (Å²) < 4.78 is 1.03. The molecule has 20 heavy (non-hydrogen) atoms. The highest BCUT2D eigenvalue weighted by Gasteiger charge is 2.14. The van der Waals surface area contributed by atoms with Crippen molar-refractivity contribution >= 4 is 27.5 Å². The summed E-state index contributed by atoms with van der Waals surface area (Å²) in [4.78, 5) is 12.2. The molecule has 0 saturated carbocycles. The molecule has 0 fully saturated rings. The van der Waals surface area contributed by atoms with Crippen molar-refractivity contribution in [3.63, 3.8) is 0 Å². The van der Waals surface area contributed by atoms with Crippen LogP contribution < -0.4 is 11.1 Å². The molecule has 2 aromatic carbocycles. The van der Waals surface area contributed by atoms with Crippen LogP contribution in [0.2, 0.25) is 0 Å². The molecule has 0 saturated heterocycles. The highest BCUT2D eigenvalue weighted by molar-refractivity contribution is 9.10. The molecule has 0 bridgehead atoms. The number of nitrogens with one attached hydrogen (secondary N) is 1. The first-order valence-corrected chi connectivity index (χ1v) is 7.31. The fraction of sp³-hybridized carbons (Fsp3) is 0.188. The second-order valence-electron chi connectivity index (χ2n) is 4.61. The van der Waals surface area contributed by atoms with E-state index in [-0.39, 0.29) is 11.9 Å². The zero-order chi connectivity index (χ0) is 14.5. The van der Waals surface area contributed by atoms with Gasteiger partial charge in [0.05, 0.1) is 6.04 Å². The van der Waals surface area contributed by atoms with Gasteiger partial charge in [0, 0.05) is 15.7 Å². The Hall–Kier alpha value is -1.81. The van der Waals surface area contributed by atoms with E-state index in [4.69, 9.17) is 5.73 Å². The van der Waals surface area contributed by atoms with Crippen LogP contribution in [-0.2, 0) is 0 Å². The summed E-state index contributed by atoms with van der Waals surface area (Å²) in [6, 6.07) is 15.0. The van der Waals surface area contributed by atoms with Gasteiger partial charge >= 0.3 is 0 Å². The molecular weight excluding hydrogens is 316 g/mol. The van der Waals surface area contributed by atoms with Gasteiger partial charge in [0.1, 0.15) is 0 Å². The van der Waals surface area contributed by atoms with Crippen LogP contribution in [0.3, 0.4) is 0 Å². The van der Waals surface area contributed by atoms with Crippen molar-refractivity contribution in [1.29, 1.82) is 0 Å². The first-order valence-electron chi connectivity index (χ1n) is 6.52. The van der Waals surface area contributed by atoms with Gasteiger partial charge in [-0.15, -0.1) is 0 Å². The van der Waals surface area contributed by atoms with Crippen molar-refractivity contribution in [2.75, 3.05) is 5.73 Å². The number of hydrogen-bond acceptors (Lipinski definition) is 2. The van der Waals surface area contributed by atoms with Gasteiger partial charge in [-0.1, -0.05) is 41.1 Å². The number of halogens is 1. The van der Waals surface area contributed by atoms with Gasteiger partial charge in [-0.05, 0) is 42.3 Å². The molecule has 1 amide bonds. The summed E-state index contributed by atoms with van der Waals surface area (Å²) >= 11 is 3.41. The fourth-order valence-electron chi connectivity index (χ4n) is 2.04. The van der Waals surface area contributed by atoms with Crippen LogP contribution in [-0.4, -0.2) is 5.91 Å². The fourth-order valence-corrected chi connectivity index (χ4v) is 2.30. The molecule has 1 atom stereocenters. The molecule has 2 rings (SSSR count). The number of amides is 1. The summed E-state index contributed by atoms with van der Waals surface area (Å²) in [6.45, 7) is 2.05. The SMILES string of the molecule is CCC(NC(=O)c1cccc(N)c1)c1ccc(Br)cc1. The second-order valence-corrected chi connectivity index (χ2v) is 5.53. The standard InChI is InChI=1S/C16H17BrN2O/c1-2-15(11-6-8-13(17)9-7-11)19-16(20)12-4-3-5-14(18)10-12/h3-10,15H,2,18H2,1H3,(H,19,20). The number of nitrogens with two attached hydrogens (primary N) is 1. The zero-order valence-corrected chi connectivity index (χ0v) is 12.9. The summed E-state index contributed by atoms with van der Waals surface area (Å²) in [6.07, 6.45) is 0.829. The van der Waals surface area contributed by atoms with Gasteiger partial charge in [-0.3, -0.25) is 4.79 Å². The third-order valence-electron chi connectivity index (χ3n) is 3.13. The lowest BCUT2D eigenvalue weighted by atomic mass is 10.0. The summed E-state index contributed by atoms with van der Waals surface area (Å²) in [5.41, 5.74) is 7.97. The van der Waals surface area contributed by atoms with E-state index >= 15 is 0 Å². The van der Waals surface area contributed by atoms with Crippen LogP contribution in [0, 0.1) is 0 Å². The van der Waals surface area contributed by atoms with Crippen molar-refractivity contribution in [3.05, 3.63) is 64.1 Å². The van der Waals surface area contributed by atoms with Crippen LogP contribution >= 0.6 is 15.9 Å². The van der Waals surface area contributed by atoms with E-state index in [1.165, 1.54) is 0 Å². The molecule has 0 aliphatic rings. The molecule has 0 aliphatic carbocycles. The lowest BCUT2D eigenvalue weighted by molar-refractivity contribution is 0.0935. The third-order valence-corrected chi connectivity index (χ3v) is 3.66. The van der Waals surface area contributed by atoms with Crippen LogP contribution in [0.4, 0.5) is 5.69 Å². The van der Waals surface area contributed by atoms with Crippen LogP contribution in [0.5, 0.6) is 0 Å². The Morgan fingerprint density at radius 1 is 1.25 bits per heavy atom. The zero-order valence-electron chi connectivity index (χ0n) is 11.3. The van der Waals surface area contributed by atoms with Gasteiger partial charge in [-0.25, -0.2) is 0 Å². The van der Waals surface area contributed by atoms with Crippen molar-refractivity contribution in [1.82, 2.24) is 5.32 Å². The number of anilines is 1. The van der Waals surface area contributed by atoms with Crippen molar-refractivity contribution in [2.45, 2.75) is 19.4 Å². The molecule has 2 aromatic rings. The summed E-state index contributed by atoms with van der Waals surface area (Å²) in [5.74, 6) is -0.105. The highest BCUT2D eigenvalue weighted by Crippen LogP contribution is 2.20. The highest BCUT2D eigenvalue weighted by atomic mass is 79.9. The van der Waals surface area contributed by atoms with Crippen molar-refractivity contribution < 1.29 is 4.79 Å². The minimum absolute atomic E-state index is 0.00275. The molecule has 0 radical (unpaired) electrons. The van der Waals surface area contributed by atoms with Crippen LogP contribution in [0.1, 0.15) is 35.3 Å². The van der Waals surface area contributed by atoms with Gasteiger partial charge in [0.15, 0.2) is 0 Å². The number of hydrogen-bond donors (Lipinski definition) is 2. The lowest BCUT2D eigenvalue weighted by Crippen LogP contribution is -2.28. The molecule has 0 aliphatic heterocycles. The number of carbonyl (C=O) groups excluding carboxylic acids is 1. The number of nitrogen functional groups attached to an aromatic ring is 1. The van der Waals surface area contributed by atoms with Gasteiger partial charge in [-0.2, -0.15) is 0 Å². The third kappa shape index (κ3) is 3.61. The van der Waals surface area contributed by atoms with E-state index in [0.29, 0.717) is 11.3 Å². The summed E-state index contributed by atoms with van der Waals surface area (Å²) in [7, 11) is 0. The van der Waals surface area contributed by atoms with Crippen LogP contribution in [0.25, 0.3) is 0 Å². The Morgan fingerprint density at radius 3 is 2.55 bits per heavy atom. The maximum Gasteiger partial charge on any atom is 0.251 e. The Bertz CT molecular complexity index is 596. The molecule has 3 N–H and O–H groups in total. The largest absolute Gasteiger partial charge is 0.399 e. The second kappa shape index (κ2) is 6.57. The Labute approximate surface area is 127 Å². The maximum absolute atomic E-state index is 12.2. The quantitative estimate of drug-likeness (QED) is 0.834. The first kappa shape index (κ1) is 14.6. The predicted molar refractivity (Wildman–Crippen MR) is 85.5 cm³/mol. The first-order chi connectivity index (χ1) is 9.60. The monoisotopic (exact) mass is 332 g/mol.